The minimum atomic E-state index is -4.25. The maximum atomic E-state index is 12.4. The van der Waals surface area contributed by atoms with Gasteiger partial charge in [-0.15, -0.1) is 0 Å². The molecule has 9 heteroatoms. The summed E-state index contributed by atoms with van der Waals surface area (Å²) >= 11 is 0. The average molecular weight is 631 g/mol. The molecule has 0 spiro atoms. The second-order valence-corrected chi connectivity index (χ2v) is 12.9. The van der Waals surface area contributed by atoms with Crippen molar-refractivity contribution < 1.29 is 37.6 Å². The predicted molar refractivity (Wildman–Crippen MR) is 175 cm³/mol. The number of rotatable bonds is 31. The van der Waals surface area contributed by atoms with Gasteiger partial charge < -0.3 is 14.4 Å². The summed E-state index contributed by atoms with van der Waals surface area (Å²) in [4.78, 5) is 34.1. The SMILES string of the molecule is CCCCC/C=C\C/C=C\CCCCCCCC(=O)OC(COC(=O)CCCCCCCCCCC)COP(=O)(O)OC. The van der Waals surface area contributed by atoms with E-state index < -0.39 is 26.5 Å². The molecule has 0 aliphatic rings. The molecule has 0 aromatic rings. The summed E-state index contributed by atoms with van der Waals surface area (Å²) in [7, 11) is -3.20. The summed E-state index contributed by atoms with van der Waals surface area (Å²) in [5, 5.41) is 0. The molecule has 0 aromatic carbocycles. The highest BCUT2D eigenvalue weighted by atomic mass is 31.2. The maximum Gasteiger partial charge on any atom is 0.472 e. The van der Waals surface area contributed by atoms with Crippen LogP contribution in [0.2, 0.25) is 0 Å². The first-order valence-corrected chi connectivity index (χ1v) is 18.5. The Morgan fingerprint density at radius 3 is 1.67 bits per heavy atom. The van der Waals surface area contributed by atoms with E-state index >= 15 is 0 Å². The number of esters is 2. The van der Waals surface area contributed by atoms with Crippen molar-refractivity contribution in [3.05, 3.63) is 24.3 Å². The van der Waals surface area contributed by atoms with Gasteiger partial charge in [0.1, 0.15) is 6.61 Å². The molecule has 0 radical (unpaired) electrons. The van der Waals surface area contributed by atoms with E-state index in [1.165, 1.54) is 64.2 Å². The molecule has 43 heavy (non-hydrogen) atoms. The predicted octanol–water partition coefficient (Wildman–Crippen LogP) is 9.94. The van der Waals surface area contributed by atoms with Crippen LogP contribution >= 0.6 is 7.82 Å². The standard InChI is InChI=1S/C34H63O8P/c1-4-6-8-10-12-14-15-16-17-18-19-21-23-25-27-29-34(36)42-32(31-41-43(37,38)39-3)30-40-33(35)28-26-24-22-20-13-11-9-7-5-2/h12,14,16-17,32H,4-11,13,15,18-31H2,1-3H3,(H,37,38)/b14-12-,17-16-. The lowest BCUT2D eigenvalue weighted by atomic mass is 10.1. The first kappa shape index (κ1) is 41.5. The molecule has 0 saturated carbocycles. The Balaban J connectivity index is 4.13. The average Bonchev–Trinajstić information content (AvgIpc) is 2.99. The summed E-state index contributed by atoms with van der Waals surface area (Å²) in [5.74, 6) is -0.823. The van der Waals surface area contributed by atoms with Gasteiger partial charge in [-0.05, 0) is 44.9 Å². The molecule has 8 nitrogen and oxygen atoms in total. The van der Waals surface area contributed by atoms with Gasteiger partial charge in [0, 0.05) is 20.0 Å². The Labute approximate surface area is 263 Å². The minimum absolute atomic E-state index is 0.228. The molecule has 0 bridgehead atoms. The van der Waals surface area contributed by atoms with Crippen LogP contribution in [0.4, 0.5) is 0 Å². The number of allylic oxidation sites excluding steroid dienone is 4. The van der Waals surface area contributed by atoms with Crippen LogP contribution in [0.15, 0.2) is 24.3 Å². The third-order valence-electron chi connectivity index (χ3n) is 7.20. The maximum absolute atomic E-state index is 12.4. The van der Waals surface area contributed by atoms with Gasteiger partial charge in [0.25, 0.3) is 0 Å². The summed E-state index contributed by atoms with van der Waals surface area (Å²) in [6.07, 6.45) is 30.9. The van der Waals surface area contributed by atoms with Crippen molar-refractivity contribution in [2.45, 2.75) is 161 Å². The Bertz CT molecular complexity index is 767. The molecule has 0 aliphatic heterocycles. The van der Waals surface area contributed by atoms with Gasteiger partial charge in [0.2, 0.25) is 0 Å². The highest BCUT2D eigenvalue weighted by Crippen LogP contribution is 2.42. The van der Waals surface area contributed by atoms with Crippen LogP contribution in [0, 0.1) is 0 Å². The molecule has 1 N–H and O–H groups in total. The molecule has 2 atom stereocenters. The number of unbranched alkanes of at least 4 members (excludes halogenated alkanes) is 16. The van der Waals surface area contributed by atoms with E-state index in [4.69, 9.17) is 14.0 Å². The second kappa shape index (κ2) is 30.6. The monoisotopic (exact) mass is 630 g/mol. The zero-order valence-electron chi connectivity index (χ0n) is 27.6. The number of hydrogen-bond acceptors (Lipinski definition) is 7. The fourth-order valence-corrected chi connectivity index (χ4v) is 4.97. The number of phosphoric ester groups is 1. The number of carbonyl (C=O) groups is 2. The van der Waals surface area contributed by atoms with Crippen molar-refractivity contribution in [2.24, 2.45) is 0 Å². The molecule has 0 heterocycles. The summed E-state index contributed by atoms with van der Waals surface area (Å²) in [6, 6.07) is 0. The Morgan fingerprint density at radius 1 is 0.651 bits per heavy atom. The molecule has 0 saturated heterocycles. The molecule has 252 valence electrons. The van der Waals surface area contributed by atoms with Gasteiger partial charge in [0.05, 0.1) is 6.61 Å². The van der Waals surface area contributed by atoms with E-state index in [1.807, 2.05) is 0 Å². The molecule has 0 rings (SSSR count). The highest BCUT2D eigenvalue weighted by Gasteiger charge is 2.24. The molecular weight excluding hydrogens is 567 g/mol. The van der Waals surface area contributed by atoms with Crippen LogP contribution in [0.5, 0.6) is 0 Å². The third kappa shape index (κ3) is 30.3. The lowest BCUT2D eigenvalue weighted by molar-refractivity contribution is -0.161. The molecular formula is C34H63O8P. The lowest BCUT2D eigenvalue weighted by Gasteiger charge is -2.19. The molecule has 2 unspecified atom stereocenters. The Morgan fingerprint density at radius 2 is 1.12 bits per heavy atom. The highest BCUT2D eigenvalue weighted by molar-refractivity contribution is 7.47. The lowest BCUT2D eigenvalue weighted by Crippen LogP contribution is -2.29. The zero-order chi connectivity index (χ0) is 31.9. The van der Waals surface area contributed by atoms with Crippen LogP contribution < -0.4 is 0 Å². The van der Waals surface area contributed by atoms with E-state index in [-0.39, 0.29) is 19.0 Å². The van der Waals surface area contributed by atoms with Crippen molar-refractivity contribution in [1.29, 1.82) is 0 Å². The van der Waals surface area contributed by atoms with Gasteiger partial charge in [-0.1, -0.05) is 122 Å². The topological polar surface area (TPSA) is 108 Å². The van der Waals surface area contributed by atoms with Crippen LogP contribution in [0.25, 0.3) is 0 Å². The van der Waals surface area contributed by atoms with Gasteiger partial charge in [0.15, 0.2) is 6.10 Å². The van der Waals surface area contributed by atoms with Crippen molar-refractivity contribution in [1.82, 2.24) is 0 Å². The summed E-state index contributed by atoms with van der Waals surface area (Å²) < 4.78 is 31.7. The van der Waals surface area contributed by atoms with Gasteiger partial charge >= 0.3 is 19.8 Å². The third-order valence-corrected chi connectivity index (χ3v) is 8.14. The smallest absolute Gasteiger partial charge is 0.462 e. The molecule has 0 aromatic heterocycles. The van der Waals surface area contributed by atoms with E-state index in [0.29, 0.717) is 12.8 Å². The number of ether oxygens (including phenoxy) is 2. The Hall–Kier alpha value is -1.47. The zero-order valence-corrected chi connectivity index (χ0v) is 28.5. The van der Waals surface area contributed by atoms with Crippen molar-refractivity contribution in [3.8, 4) is 0 Å². The van der Waals surface area contributed by atoms with Crippen molar-refractivity contribution in [3.63, 3.8) is 0 Å². The largest absolute Gasteiger partial charge is 0.472 e. The normalized spacial score (nSPS) is 13.9. The fourth-order valence-electron chi connectivity index (χ4n) is 4.51. The van der Waals surface area contributed by atoms with E-state index in [1.54, 1.807) is 0 Å². The van der Waals surface area contributed by atoms with E-state index in [9.17, 15) is 19.0 Å². The first-order chi connectivity index (χ1) is 20.8. The van der Waals surface area contributed by atoms with Crippen molar-refractivity contribution in [2.75, 3.05) is 20.3 Å². The minimum Gasteiger partial charge on any atom is -0.462 e. The number of hydrogen-bond donors (Lipinski definition) is 1. The van der Waals surface area contributed by atoms with Crippen LogP contribution in [0.1, 0.15) is 155 Å². The van der Waals surface area contributed by atoms with Gasteiger partial charge in [-0.3, -0.25) is 18.6 Å². The van der Waals surface area contributed by atoms with E-state index in [2.05, 4.69) is 42.7 Å². The molecule has 0 fully saturated rings. The second-order valence-electron chi connectivity index (χ2n) is 11.3. The van der Waals surface area contributed by atoms with Gasteiger partial charge in [-0.2, -0.15) is 0 Å². The molecule has 0 aliphatic carbocycles. The quantitative estimate of drug-likeness (QED) is 0.0349. The van der Waals surface area contributed by atoms with Crippen molar-refractivity contribution >= 4 is 19.8 Å². The van der Waals surface area contributed by atoms with Crippen LogP contribution in [-0.2, 0) is 32.7 Å². The van der Waals surface area contributed by atoms with Gasteiger partial charge in [-0.25, -0.2) is 4.57 Å². The van der Waals surface area contributed by atoms with Crippen LogP contribution in [-0.4, -0.2) is 43.3 Å². The number of carbonyl (C=O) groups excluding carboxylic acids is 2. The molecule has 0 amide bonds. The fraction of sp³-hybridized carbons (Fsp3) is 0.824. The first-order valence-electron chi connectivity index (χ1n) is 17.0. The van der Waals surface area contributed by atoms with E-state index in [0.717, 1.165) is 64.9 Å². The summed E-state index contributed by atoms with van der Waals surface area (Å²) in [6.45, 7) is 3.80. The number of phosphoric acid groups is 1. The van der Waals surface area contributed by atoms with Crippen LogP contribution in [0.3, 0.4) is 0 Å². The Kier molecular flexibility index (Phi) is 29.5. The summed E-state index contributed by atoms with van der Waals surface area (Å²) in [5.41, 5.74) is 0.